The van der Waals surface area contributed by atoms with Gasteiger partial charge in [-0.05, 0) is 6.42 Å². The molecule has 1 saturated heterocycles. The Bertz CT molecular complexity index is 353. The van der Waals surface area contributed by atoms with E-state index in [0.29, 0.717) is 6.04 Å². The minimum absolute atomic E-state index is 0.0344. The van der Waals surface area contributed by atoms with E-state index in [4.69, 9.17) is 10.2 Å². The van der Waals surface area contributed by atoms with Gasteiger partial charge in [-0.1, -0.05) is 20.8 Å². The molecule has 4 heteroatoms. The summed E-state index contributed by atoms with van der Waals surface area (Å²) in [5, 5.41) is 0. The van der Waals surface area contributed by atoms with Crippen LogP contribution >= 0.6 is 0 Å². The molecule has 1 aliphatic heterocycles. The van der Waals surface area contributed by atoms with Crippen molar-refractivity contribution in [2.24, 2.45) is 5.73 Å². The minimum atomic E-state index is 0.0344. The van der Waals surface area contributed by atoms with Gasteiger partial charge in [-0.25, -0.2) is 4.98 Å². The van der Waals surface area contributed by atoms with Crippen molar-refractivity contribution in [1.82, 2.24) is 9.88 Å². The van der Waals surface area contributed by atoms with Crippen molar-refractivity contribution in [2.45, 2.75) is 45.2 Å². The van der Waals surface area contributed by atoms with Gasteiger partial charge in [0.2, 0.25) is 5.89 Å². The summed E-state index contributed by atoms with van der Waals surface area (Å²) < 4.78 is 5.75. The van der Waals surface area contributed by atoms with Crippen LogP contribution in [-0.2, 0) is 12.0 Å². The zero-order valence-electron chi connectivity index (χ0n) is 10.4. The summed E-state index contributed by atoms with van der Waals surface area (Å²) in [7, 11) is 0. The molecule has 0 spiro atoms. The second-order valence-corrected chi connectivity index (χ2v) is 5.65. The van der Waals surface area contributed by atoms with E-state index in [1.54, 1.807) is 0 Å². The first kappa shape index (κ1) is 11.6. The molecule has 4 nitrogen and oxygen atoms in total. The molecule has 0 radical (unpaired) electrons. The number of nitrogens with zero attached hydrogens (tertiary/aromatic N) is 2. The van der Waals surface area contributed by atoms with Crippen molar-refractivity contribution >= 4 is 0 Å². The summed E-state index contributed by atoms with van der Waals surface area (Å²) in [6.45, 7) is 9.17. The van der Waals surface area contributed by atoms with Crippen molar-refractivity contribution in [3.63, 3.8) is 0 Å². The van der Waals surface area contributed by atoms with Crippen LogP contribution in [0.1, 0.15) is 38.8 Å². The molecule has 0 aliphatic carbocycles. The highest BCUT2D eigenvalue weighted by Crippen LogP contribution is 2.23. The van der Waals surface area contributed by atoms with Gasteiger partial charge in [0.1, 0.15) is 5.76 Å². The minimum Gasteiger partial charge on any atom is -0.444 e. The summed E-state index contributed by atoms with van der Waals surface area (Å²) in [4.78, 5) is 6.62. The van der Waals surface area contributed by atoms with Gasteiger partial charge in [0.15, 0.2) is 0 Å². The van der Waals surface area contributed by atoms with Gasteiger partial charge in [0.25, 0.3) is 0 Å². The molecular formula is C12H21N3O. The number of oxazole rings is 1. The third-order valence-electron chi connectivity index (χ3n) is 2.96. The molecule has 0 aromatic carbocycles. The summed E-state index contributed by atoms with van der Waals surface area (Å²) >= 11 is 0. The predicted molar refractivity (Wildman–Crippen MR) is 63.1 cm³/mol. The molecule has 1 aromatic rings. The van der Waals surface area contributed by atoms with Gasteiger partial charge in [-0.2, -0.15) is 0 Å². The van der Waals surface area contributed by atoms with Gasteiger partial charge in [0, 0.05) is 24.5 Å². The van der Waals surface area contributed by atoms with Gasteiger partial charge in [0.05, 0.1) is 12.7 Å². The first-order valence-electron chi connectivity index (χ1n) is 5.88. The number of likely N-dealkylation sites (tertiary alicyclic amines) is 1. The lowest BCUT2D eigenvalue weighted by atomic mass is 9.94. The first-order valence-corrected chi connectivity index (χ1v) is 5.88. The molecule has 16 heavy (non-hydrogen) atoms. The Balaban J connectivity index is 1.98. The summed E-state index contributed by atoms with van der Waals surface area (Å²) in [6, 6.07) is 0.317. The van der Waals surface area contributed by atoms with Crippen molar-refractivity contribution in [3.8, 4) is 0 Å². The molecule has 90 valence electrons. The molecule has 0 bridgehead atoms. The van der Waals surface area contributed by atoms with Crippen LogP contribution < -0.4 is 5.73 Å². The van der Waals surface area contributed by atoms with Crippen molar-refractivity contribution in [2.75, 3.05) is 13.1 Å². The summed E-state index contributed by atoms with van der Waals surface area (Å²) in [6.07, 6.45) is 2.91. The van der Waals surface area contributed by atoms with Crippen LogP contribution in [0.15, 0.2) is 10.6 Å². The van der Waals surface area contributed by atoms with Crippen LogP contribution in [-0.4, -0.2) is 29.0 Å². The van der Waals surface area contributed by atoms with Gasteiger partial charge in [-0.3, -0.25) is 4.90 Å². The van der Waals surface area contributed by atoms with E-state index in [9.17, 15) is 0 Å². The lowest BCUT2D eigenvalue weighted by Gasteiger charge is -2.14. The Morgan fingerprint density at radius 3 is 2.81 bits per heavy atom. The quantitative estimate of drug-likeness (QED) is 0.825. The second kappa shape index (κ2) is 4.18. The number of hydrogen-bond donors (Lipinski definition) is 1. The Morgan fingerprint density at radius 2 is 2.31 bits per heavy atom. The normalized spacial score (nSPS) is 22.9. The maximum Gasteiger partial charge on any atom is 0.208 e. The van der Waals surface area contributed by atoms with E-state index < -0.39 is 0 Å². The molecule has 1 fully saturated rings. The number of hydrogen-bond acceptors (Lipinski definition) is 4. The fraction of sp³-hybridized carbons (Fsp3) is 0.750. The molecule has 0 saturated carbocycles. The lowest BCUT2D eigenvalue weighted by molar-refractivity contribution is 0.274. The standard InChI is InChI=1S/C12H21N3O/c1-12(2,3)10-6-14-11(16-10)8-15-5-4-9(13)7-15/h6,9H,4-5,7-8,13H2,1-3H3/t9-/m0/s1. The highest BCUT2D eigenvalue weighted by Gasteiger charge is 2.23. The largest absolute Gasteiger partial charge is 0.444 e. The van der Waals surface area contributed by atoms with Gasteiger partial charge in [-0.15, -0.1) is 0 Å². The summed E-state index contributed by atoms with van der Waals surface area (Å²) in [5.41, 5.74) is 5.89. The van der Waals surface area contributed by atoms with E-state index in [0.717, 1.165) is 37.7 Å². The molecule has 0 unspecified atom stereocenters. The zero-order valence-corrected chi connectivity index (χ0v) is 10.4. The molecule has 1 aliphatic rings. The number of rotatable bonds is 2. The Morgan fingerprint density at radius 1 is 1.56 bits per heavy atom. The van der Waals surface area contributed by atoms with Crippen molar-refractivity contribution in [3.05, 3.63) is 17.8 Å². The van der Waals surface area contributed by atoms with E-state index in [2.05, 4.69) is 30.7 Å². The zero-order chi connectivity index (χ0) is 11.8. The van der Waals surface area contributed by atoms with Crippen LogP contribution in [0.3, 0.4) is 0 Å². The smallest absolute Gasteiger partial charge is 0.208 e. The highest BCUT2D eigenvalue weighted by molar-refractivity contribution is 5.06. The highest BCUT2D eigenvalue weighted by atomic mass is 16.4. The van der Waals surface area contributed by atoms with Crippen molar-refractivity contribution < 1.29 is 4.42 Å². The third-order valence-corrected chi connectivity index (χ3v) is 2.96. The van der Waals surface area contributed by atoms with Crippen molar-refractivity contribution in [1.29, 1.82) is 0 Å². The molecular weight excluding hydrogens is 202 g/mol. The van der Waals surface area contributed by atoms with E-state index in [1.165, 1.54) is 0 Å². The average molecular weight is 223 g/mol. The molecule has 2 rings (SSSR count). The molecule has 1 atom stereocenters. The van der Waals surface area contributed by atoms with Crippen LogP contribution in [0.2, 0.25) is 0 Å². The fourth-order valence-electron chi connectivity index (χ4n) is 1.93. The maximum absolute atomic E-state index is 5.86. The topological polar surface area (TPSA) is 55.3 Å². The molecule has 1 aromatic heterocycles. The Hall–Kier alpha value is -0.870. The molecule has 2 heterocycles. The van der Waals surface area contributed by atoms with Crippen LogP contribution in [0.25, 0.3) is 0 Å². The van der Waals surface area contributed by atoms with E-state index in [-0.39, 0.29) is 5.41 Å². The predicted octanol–water partition coefficient (Wildman–Crippen LogP) is 1.51. The van der Waals surface area contributed by atoms with Crippen LogP contribution in [0, 0.1) is 0 Å². The SMILES string of the molecule is CC(C)(C)c1cnc(CN2CC[C@H](N)C2)o1. The fourth-order valence-corrected chi connectivity index (χ4v) is 1.93. The monoisotopic (exact) mass is 223 g/mol. The van der Waals surface area contributed by atoms with E-state index >= 15 is 0 Å². The average Bonchev–Trinajstić information content (AvgIpc) is 2.74. The Labute approximate surface area is 96.8 Å². The summed E-state index contributed by atoms with van der Waals surface area (Å²) in [5.74, 6) is 1.75. The van der Waals surface area contributed by atoms with Crippen LogP contribution in [0.5, 0.6) is 0 Å². The number of nitrogens with two attached hydrogens (primary N) is 1. The number of aromatic nitrogens is 1. The molecule has 0 amide bonds. The third kappa shape index (κ3) is 2.62. The Kier molecular flexibility index (Phi) is 3.04. The molecule has 2 N–H and O–H groups in total. The lowest BCUT2D eigenvalue weighted by Crippen LogP contribution is -2.26. The van der Waals surface area contributed by atoms with Gasteiger partial charge >= 0.3 is 0 Å². The first-order chi connectivity index (χ1) is 7.45. The van der Waals surface area contributed by atoms with Gasteiger partial charge < -0.3 is 10.2 Å². The maximum atomic E-state index is 5.86. The van der Waals surface area contributed by atoms with E-state index in [1.807, 2.05) is 6.20 Å². The second-order valence-electron chi connectivity index (χ2n) is 5.65. The van der Waals surface area contributed by atoms with Crippen LogP contribution in [0.4, 0.5) is 0 Å².